The van der Waals surface area contributed by atoms with Crippen LogP contribution in [0.5, 0.6) is 0 Å². The van der Waals surface area contributed by atoms with Crippen LogP contribution in [0.1, 0.15) is 0 Å². The number of hydrogen-bond acceptors (Lipinski definition) is 10. The van der Waals surface area contributed by atoms with Crippen LogP contribution in [0.25, 0.3) is 215 Å². The maximum absolute atomic E-state index is 6.42. The number of furan rings is 1. The number of nitrogens with zero attached hydrogens (tertiary/aromatic N) is 6. The molecular weight excluding hydrogens is 1280 g/mol. The van der Waals surface area contributed by atoms with E-state index in [0.717, 1.165) is 71.5 Å². The van der Waals surface area contributed by atoms with Crippen molar-refractivity contribution in [3.8, 4) is 68.3 Å². The van der Waals surface area contributed by atoms with Crippen LogP contribution in [0.2, 0.25) is 0 Å². The molecule has 7 nitrogen and oxygen atoms in total. The van der Waals surface area contributed by atoms with E-state index >= 15 is 0 Å². The van der Waals surface area contributed by atoms with Crippen LogP contribution >= 0.6 is 34.0 Å². The van der Waals surface area contributed by atoms with Crippen molar-refractivity contribution in [3.63, 3.8) is 0 Å². The van der Waals surface area contributed by atoms with Crippen molar-refractivity contribution < 1.29 is 4.42 Å². The fourth-order valence-electron chi connectivity index (χ4n) is 15.0. The Bertz CT molecular complexity index is 6750. The largest absolute Gasteiger partial charge is 0.455 e. The molecule has 0 amide bonds. The van der Waals surface area contributed by atoms with E-state index in [2.05, 4.69) is 255 Å². The van der Waals surface area contributed by atoms with Gasteiger partial charge in [-0.05, 0) is 139 Å². The van der Waals surface area contributed by atoms with E-state index < -0.39 is 0 Å². The smallest absolute Gasteiger partial charge is 0.164 e. The first-order valence-corrected chi connectivity index (χ1v) is 35.8. The van der Waals surface area contributed by atoms with E-state index in [4.69, 9.17) is 34.3 Å². The molecule has 0 saturated carbocycles. The fraction of sp³-hybridized carbons (Fsp3) is 0. The minimum atomic E-state index is 0.646. The first-order valence-electron chi connectivity index (χ1n) is 33.4. The molecule has 0 aliphatic rings. The number of para-hydroxylation sites is 1. The summed E-state index contributed by atoms with van der Waals surface area (Å²) >= 11 is 5.51. The quantitative estimate of drug-likeness (QED) is 0.153. The van der Waals surface area contributed by atoms with Gasteiger partial charge in [-0.2, -0.15) is 0 Å². The molecule has 0 fully saturated rings. The number of rotatable bonds is 6. The van der Waals surface area contributed by atoms with Gasteiger partial charge in [0.1, 0.15) is 11.2 Å². The number of hydrogen-bond donors (Lipinski definition) is 0. The molecule has 0 radical (unpaired) electrons. The summed E-state index contributed by atoms with van der Waals surface area (Å²) < 4.78 is 14.2. The van der Waals surface area contributed by atoms with Gasteiger partial charge in [0, 0.05) is 115 Å². The van der Waals surface area contributed by atoms with Crippen LogP contribution in [0.15, 0.2) is 308 Å². The molecule has 0 bridgehead atoms. The molecule has 0 aliphatic carbocycles. The highest BCUT2D eigenvalue weighted by Crippen LogP contribution is 2.45. The fourth-order valence-corrected chi connectivity index (χ4v) is 18.4. The zero-order valence-electron chi connectivity index (χ0n) is 53.2. The topological polar surface area (TPSA) is 90.5 Å². The zero-order chi connectivity index (χ0) is 65.5. The third-order valence-electron chi connectivity index (χ3n) is 19.8. The lowest BCUT2D eigenvalue weighted by atomic mass is 9.94. The summed E-state index contributed by atoms with van der Waals surface area (Å²) in [7, 11) is 0. The second kappa shape index (κ2) is 22.6. The summed E-state index contributed by atoms with van der Waals surface area (Å²) in [5.74, 6) is 3.95. The molecule has 6 heterocycles. The monoisotopic (exact) mass is 1330 g/mol. The molecule has 0 saturated heterocycles. The Morgan fingerprint density at radius 3 is 1.06 bits per heavy atom. The van der Waals surface area contributed by atoms with Crippen molar-refractivity contribution in [2.45, 2.75) is 0 Å². The molecule has 22 rings (SSSR count). The second-order valence-corrected chi connectivity index (χ2v) is 28.8. The van der Waals surface area contributed by atoms with Crippen LogP contribution in [0, 0.1) is 0 Å². The van der Waals surface area contributed by atoms with Crippen molar-refractivity contribution >= 4 is 181 Å². The molecule has 22 aromatic rings. The molecule has 0 aliphatic heterocycles. The van der Waals surface area contributed by atoms with E-state index in [1.807, 2.05) is 82.5 Å². The van der Waals surface area contributed by atoms with Crippen molar-refractivity contribution in [3.05, 3.63) is 303 Å². The van der Waals surface area contributed by atoms with Crippen molar-refractivity contribution in [1.29, 1.82) is 0 Å². The summed E-state index contributed by atoms with van der Waals surface area (Å²) in [5.41, 5.74) is 7.61. The van der Waals surface area contributed by atoms with Gasteiger partial charge in [-0.1, -0.05) is 218 Å². The molecule has 16 aromatic carbocycles. The highest BCUT2D eigenvalue weighted by Gasteiger charge is 2.20. The van der Waals surface area contributed by atoms with Crippen LogP contribution in [0.4, 0.5) is 0 Å². The average molecular weight is 1330 g/mol. The highest BCUT2D eigenvalue weighted by atomic mass is 32.1. The van der Waals surface area contributed by atoms with Gasteiger partial charge in [0.25, 0.3) is 0 Å². The third kappa shape index (κ3) is 9.22. The van der Waals surface area contributed by atoms with E-state index in [0.29, 0.717) is 34.9 Å². The van der Waals surface area contributed by atoms with E-state index in [-0.39, 0.29) is 0 Å². The van der Waals surface area contributed by atoms with Gasteiger partial charge >= 0.3 is 0 Å². The summed E-state index contributed by atoms with van der Waals surface area (Å²) in [6, 6.07) is 108. The predicted octanol–water partition coefficient (Wildman–Crippen LogP) is 25.7. The van der Waals surface area contributed by atoms with Crippen LogP contribution < -0.4 is 0 Å². The van der Waals surface area contributed by atoms with Crippen molar-refractivity contribution in [1.82, 2.24) is 29.9 Å². The Morgan fingerprint density at radius 1 is 0.200 bits per heavy atom. The normalized spacial score (nSPS) is 12.0. The van der Waals surface area contributed by atoms with Crippen LogP contribution in [-0.2, 0) is 0 Å². The number of benzene rings is 16. The molecule has 100 heavy (non-hydrogen) atoms. The van der Waals surface area contributed by atoms with Gasteiger partial charge in [-0.3, -0.25) is 0 Å². The molecule has 0 N–H and O–H groups in total. The predicted molar refractivity (Wildman–Crippen MR) is 423 cm³/mol. The van der Waals surface area contributed by atoms with Gasteiger partial charge in [0.15, 0.2) is 34.9 Å². The Morgan fingerprint density at radius 2 is 0.530 bits per heavy atom. The minimum absolute atomic E-state index is 0.646. The van der Waals surface area contributed by atoms with Crippen molar-refractivity contribution in [2.75, 3.05) is 0 Å². The molecule has 0 spiro atoms. The number of thiophene rings is 3. The SMILES string of the molecule is c1ccc(-c2nc(-c3ccc4c(ccc5ccc6c(ccc7c8ccccc8oc76)c54)c3)nc(-c3ccc4sc5ccccc5c4c3)n2)cc1.c1ccc(-c2nc(-c3ccc4c(ccc5ccc6c(ccc7c8ccccc8sc76)c54)c3)nc(-c3ccc4sc5ccccc5c4c3)n2)cc1. The van der Waals surface area contributed by atoms with Gasteiger partial charge in [-0.15, -0.1) is 34.0 Å². The maximum Gasteiger partial charge on any atom is 0.164 e. The first-order chi connectivity index (χ1) is 49.5. The summed E-state index contributed by atoms with van der Waals surface area (Å²) in [4.78, 5) is 30.4. The first kappa shape index (κ1) is 56.7. The number of aromatic nitrogens is 6. The molecule has 464 valence electrons. The standard InChI is InChI=1S/C45H25N3OS.C45H25N3S2/c1-2-8-27(9-3-1)43-46-44(48-45(47-43)30-18-23-40-37(25-30)33-11-5-7-13-39(33)50-40)29-17-19-31-28(24-29)15-14-26-16-20-36-34(41(26)31)21-22-35-32-10-4-6-12-38(32)49-42(35)36;1-2-8-27(9-3-1)43-46-44(48-45(47-43)30-18-23-40-37(25-30)33-11-5-6-12-38(33)49-40)29-17-19-31-28(24-29)15-14-26-16-20-36-34(41(26)31)21-22-35-32-10-4-7-13-39(32)50-42(35)36/h2*1-25H. The van der Waals surface area contributed by atoms with Gasteiger partial charge in [0.05, 0.1) is 0 Å². The Hall–Kier alpha value is -12.4. The summed E-state index contributed by atoms with van der Waals surface area (Å²) in [6.45, 7) is 0. The molecule has 10 heteroatoms. The average Bonchev–Trinajstić information content (AvgIpc) is 1.35. The molecular formula is C90H50N6OS3. The van der Waals surface area contributed by atoms with E-state index in [1.165, 1.54) is 109 Å². The maximum atomic E-state index is 6.42. The van der Waals surface area contributed by atoms with Gasteiger partial charge < -0.3 is 4.42 Å². The summed E-state index contributed by atoms with van der Waals surface area (Å²) in [6.07, 6.45) is 0. The Balaban J connectivity index is 0.000000131. The van der Waals surface area contributed by atoms with Gasteiger partial charge in [0.2, 0.25) is 0 Å². The minimum Gasteiger partial charge on any atom is -0.455 e. The van der Waals surface area contributed by atoms with Crippen molar-refractivity contribution in [2.24, 2.45) is 0 Å². The Kier molecular flexibility index (Phi) is 12.8. The molecule has 0 unspecified atom stereocenters. The van der Waals surface area contributed by atoms with Crippen LogP contribution in [-0.4, -0.2) is 29.9 Å². The molecule has 6 aromatic heterocycles. The van der Waals surface area contributed by atoms with E-state index in [1.54, 1.807) is 0 Å². The third-order valence-corrected chi connectivity index (χ3v) is 23.3. The lowest BCUT2D eigenvalue weighted by Gasteiger charge is -2.11. The number of fused-ring (bicyclic) bond motifs is 24. The second-order valence-electron chi connectivity index (χ2n) is 25.6. The zero-order valence-corrected chi connectivity index (χ0v) is 55.6. The Labute approximate surface area is 582 Å². The van der Waals surface area contributed by atoms with Gasteiger partial charge in [-0.25, -0.2) is 29.9 Å². The lowest BCUT2D eigenvalue weighted by Crippen LogP contribution is -2.00. The molecule has 0 atom stereocenters. The van der Waals surface area contributed by atoms with E-state index in [9.17, 15) is 0 Å². The highest BCUT2D eigenvalue weighted by molar-refractivity contribution is 7.27. The van der Waals surface area contributed by atoms with Crippen LogP contribution in [0.3, 0.4) is 0 Å². The lowest BCUT2D eigenvalue weighted by molar-refractivity contribution is 0.672. The summed E-state index contributed by atoms with van der Waals surface area (Å²) in [5, 5.41) is 24.4.